The number of hydrogen-bond acceptors (Lipinski definition) is 5. The summed E-state index contributed by atoms with van der Waals surface area (Å²) in [5, 5.41) is 14.2. The van der Waals surface area contributed by atoms with Crippen molar-refractivity contribution in [3.8, 4) is 0 Å². The van der Waals surface area contributed by atoms with E-state index in [1.165, 1.54) is 0 Å². The van der Waals surface area contributed by atoms with Crippen molar-refractivity contribution >= 4 is 54.7 Å². The third-order valence-electron chi connectivity index (χ3n) is 5.86. The Morgan fingerprint density at radius 2 is 1.91 bits per heavy atom. The van der Waals surface area contributed by atoms with Crippen LogP contribution < -0.4 is 5.32 Å². The summed E-state index contributed by atoms with van der Waals surface area (Å²) in [7, 11) is -3.11. The first-order valence-corrected chi connectivity index (χ1v) is 13.3. The SMILES string of the molecule is Cc1cccc(/C=C/c2cc(C(=O)NCC3(O)CCS(=O)(=O)CC3)c3cc(Br)ccc3n2)c1. The Bertz CT molecular complexity index is 1340. The Balaban J connectivity index is 1.61. The number of sulfone groups is 1. The lowest BCUT2D eigenvalue weighted by Gasteiger charge is -2.32. The molecule has 0 radical (unpaired) electrons. The summed E-state index contributed by atoms with van der Waals surface area (Å²) >= 11 is 3.45. The molecule has 1 amide bonds. The van der Waals surface area contributed by atoms with Crippen LogP contribution in [0.2, 0.25) is 0 Å². The normalized spacial score (nSPS) is 17.3. The van der Waals surface area contributed by atoms with E-state index in [0.717, 1.165) is 15.6 Å². The third-order valence-corrected chi connectivity index (χ3v) is 8.00. The summed E-state index contributed by atoms with van der Waals surface area (Å²) in [5.41, 5.74) is 2.72. The van der Waals surface area contributed by atoms with E-state index < -0.39 is 15.4 Å². The van der Waals surface area contributed by atoms with E-state index >= 15 is 0 Å². The van der Waals surface area contributed by atoms with Crippen LogP contribution >= 0.6 is 15.9 Å². The van der Waals surface area contributed by atoms with Gasteiger partial charge in [-0.05, 0) is 55.7 Å². The largest absolute Gasteiger partial charge is 0.388 e. The van der Waals surface area contributed by atoms with Crippen LogP contribution in [-0.4, -0.2) is 48.1 Å². The first kappa shape index (κ1) is 23.6. The first-order valence-electron chi connectivity index (χ1n) is 10.7. The van der Waals surface area contributed by atoms with Gasteiger partial charge in [-0.25, -0.2) is 13.4 Å². The summed E-state index contributed by atoms with van der Waals surface area (Å²) in [4.78, 5) is 17.8. The summed E-state index contributed by atoms with van der Waals surface area (Å²) in [5.74, 6) is -0.482. The first-order chi connectivity index (χ1) is 15.6. The Morgan fingerprint density at radius 1 is 1.15 bits per heavy atom. The van der Waals surface area contributed by atoms with Crippen LogP contribution in [0, 0.1) is 6.92 Å². The van der Waals surface area contributed by atoms with Crippen molar-refractivity contribution in [2.45, 2.75) is 25.4 Å². The number of fused-ring (bicyclic) bond motifs is 1. The number of benzene rings is 2. The zero-order valence-electron chi connectivity index (χ0n) is 18.2. The van der Waals surface area contributed by atoms with Crippen LogP contribution in [0.25, 0.3) is 23.1 Å². The lowest BCUT2D eigenvalue weighted by Crippen LogP contribution is -2.48. The third kappa shape index (κ3) is 5.88. The van der Waals surface area contributed by atoms with Crippen LogP contribution in [0.15, 0.2) is 53.0 Å². The van der Waals surface area contributed by atoms with Gasteiger partial charge in [0.15, 0.2) is 9.84 Å². The summed E-state index contributed by atoms with van der Waals surface area (Å²) in [6.07, 6.45) is 4.05. The second-order valence-electron chi connectivity index (χ2n) is 8.56. The van der Waals surface area contributed by atoms with Crippen LogP contribution in [0.4, 0.5) is 0 Å². The van der Waals surface area contributed by atoms with Gasteiger partial charge < -0.3 is 10.4 Å². The molecular formula is C25H25BrN2O4S. The number of aryl methyl sites for hydroxylation is 1. The molecule has 172 valence electrons. The number of hydrogen-bond donors (Lipinski definition) is 2. The zero-order valence-corrected chi connectivity index (χ0v) is 20.6. The van der Waals surface area contributed by atoms with E-state index in [-0.39, 0.29) is 36.8 Å². The maximum Gasteiger partial charge on any atom is 0.252 e. The average molecular weight is 529 g/mol. The Labute approximate surface area is 201 Å². The molecule has 0 unspecified atom stereocenters. The molecule has 8 heteroatoms. The van der Waals surface area contributed by atoms with Crippen LogP contribution in [0.3, 0.4) is 0 Å². The second-order valence-corrected chi connectivity index (χ2v) is 11.8. The predicted molar refractivity (Wildman–Crippen MR) is 135 cm³/mol. The maximum atomic E-state index is 13.1. The Kier molecular flexibility index (Phi) is 6.70. The van der Waals surface area contributed by atoms with Crippen LogP contribution in [0.1, 0.15) is 40.0 Å². The zero-order chi connectivity index (χ0) is 23.6. The summed E-state index contributed by atoms with van der Waals surface area (Å²) in [6, 6.07) is 15.4. The number of rotatable bonds is 5. The molecule has 0 atom stereocenters. The summed E-state index contributed by atoms with van der Waals surface area (Å²) in [6.45, 7) is 2.02. The van der Waals surface area contributed by atoms with Gasteiger partial charge in [0.1, 0.15) is 0 Å². The molecule has 33 heavy (non-hydrogen) atoms. The lowest BCUT2D eigenvalue weighted by atomic mass is 9.96. The number of pyridine rings is 1. The molecule has 0 aliphatic carbocycles. The molecule has 6 nitrogen and oxygen atoms in total. The van der Waals surface area contributed by atoms with Gasteiger partial charge in [0.25, 0.3) is 5.91 Å². The standard InChI is InChI=1S/C25H25BrN2O4S/c1-17-3-2-4-18(13-17)5-7-20-15-22(21-14-19(26)6-8-23(21)28-20)24(29)27-16-25(30)9-11-33(31,32)12-10-25/h2-8,13-15,30H,9-12,16H2,1H3,(H,27,29)/b7-5+. The molecule has 1 aromatic heterocycles. The van der Waals surface area contributed by atoms with E-state index in [2.05, 4.69) is 32.3 Å². The molecule has 1 saturated heterocycles. The van der Waals surface area contributed by atoms with Crippen molar-refractivity contribution < 1.29 is 18.3 Å². The Morgan fingerprint density at radius 3 is 2.64 bits per heavy atom. The highest BCUT2D eigenvalue weighted by molar-refractivity contribution is 9.10. The molecular weight excluding hydrogens is 504 g/mol. The molecule has 1 aliphatic rings. The number of aromatic nitrogens is 1. The van der Waals surface area contributed by atoms with Gasteiger partial charge in [0, 0.05) is 16.4 Å². The minimum atomic E-state index is -3.11. The van der Waals surface area contributed by atoms with Crippen LogP contribution in [0.5, 0.6) is 0 Å². The number of aliphatic hydroxyl groups is 1. The molecule has 4 rings (SSSR count). The molecule has 2 N–H and O–H groups in total. The van der Waals surface area contributed by atoms with Crippen molar-refractivity contribution in [1.82, 2.24) is 10.3 Å². The molecule has 0 bridgehead atoms. The number of halogens is 1. The number of carbonyl (C=O) groups is 1. The van der Waals surface area contributed by atoms with E-state index in [0.29, 0.717) is 22.2 Å². The fraction of sp³-hybridized carbons (Fsp3) is 0.280. The second kappa shape index (κ2) is 9.37. The topological polar surface area (TPSA) is 96.4 Å². The van der Waals surface area contributed by atoms with E-state index in [1.807, 2.05) is 55.5 Å². The minimum Gasteiger partial charge on any atom is -0.388 e. The van der Waals surface area contributed by atoms with Crippen molar-refractivity contribution in [3.05, 3.63) is 75.4 Å². The number of amides is 1. The van der Waals surface area contributed by atoms with Gasteiger partial charge in [0.2, 0.25) is 0 Å². The number of nitrogens with zero attached hydrogens (tertiary/aromatic N) is 1. The van der Waals surface area contributed by atoms with Gasteiger partial charge in [0.05, 0.1) is 33.9 Å². The summed E-state index contributed by atoms with van der Waals surface area (Å²) < 4.78 is 24.2. The van der Waals surface area contributed by atoms with E-state index in [9.17, 15) is 18.3 Å². The van der Waals surface area contributed by atoms with E-state index in [4.69, 9.17) is 0 Å². The molecule has 3 aromatic rings. The maximum absolute atomic E-state index is 13.1. The molecule has 2 aromatic carbocycles. The van der Waals surface area contributed by atoms with Crippen molar-refractivity contribution in [1.29, 1.82) is 0 Å². The minimum absolute atomic E-state index is 0.00631. The number of carbonyl (C=O) groups excluding carboxylic acids is 1. The molecule has 0 spiro atoms. The molecule has 1 fully saturated rings. The smallest absolute Gasteiger partial charge is 0.252 e. The molecule has 2 heterocycles. The quantitative estimate of drug-likeness (QED) is 0.518. The number of nitrogens with one attached hydrogen (secondary N) is 1. The predicted octanol–water partition coefficient (Wildman–Crippen LogP) is 4.15. The van der Waals surface area contributed by atoms with Gasteiger partial charge in [-0.2, -0.15) is 0 Å². The fourth-order valence-electron chi connectivity index (χ4n) is 3.88. The highest BCUT2D eigenvalue weighted by Gasteiger charge is 2.35. The highest BCUT2D eigenvalue weighted by atomic mass is 79.9. The van der Waals surface area contributed by atoms with Crippen LogP contribution in [-0.2, 0) is 9.84 Å². The molecule has 1 aliphatic heterocycles. The van der Waals surface area contributed by atoms with Crippen molar-refractivity contribution in [3.63, 3.8) is 0 Å². The van der Waals surface area contributed by atoms with Gasteiger partial charge in [-0.15, -0.1) is 0 Å². The van der Waals surface area contributed by atoms with Gasteiger partial charge >= 0.3 is 0 Å². The Hall–Kier alpha value is -2.55. The van der Waals surface area contributed by atoms with Gasteiger partial charge in [-0.1, -0.05) is 51.8 Å². The van der Waals surface area contributed by atoms with Gasteiger partial charge in [-0.3, -0.25) is 4.79 Å². The fourth-order valence-corrected chi connectivity index (χ4v) is 5.83. The lowest BCUT2D eigenvalue weighted by molar-refractivity contribution is 0.0296. The average Bonchev–Trinajstić information content (AvgIpc) is 2.78. The van der Waals surface area contributed by atoms with E-state index in [1.54, 1.807) is 6.07 Å². The van der Waals surface area contributed by atoms with Crippen molar-refractivity contribution in [2.24, 2.45) is 0 Å². The van der Waals surface area contributed by atoms with Crippen molar-refractivity contribution in [2.75, 3.05) is 18.1 Å². The molecule has 0 saturated carbocycles. The monoisotopic (exact) mass is 528 g/mol. The highest BCUT2D eigenvalue weighted by Crippen LogP contribution is 2.26.